The molecular formula is C18H15N3O7. The normalized spacial score (nSPS) is 12.9. The fraction of sp³-hybridized carbons (Fsp3) is 0.222. The van der Waals surface area contributed by atoms with Gasteiger partial charge in [-0.05, 0) is 12.1 Å². The van der Waals surface area contributed by atoms with Gasteiger partial charge in [0, 0.05) is 11.6 Å². The van der Waals surface area contributed by atoms with Crippen LogP contribution in [0.5, 0.6) is 5.75 Å². The summed E-state index contributed by atoms with van der Waals surface area (Å²) in [5.74, 6) is -1.38. The first-order valence-corrected chi connectivity index (χ1v) is 8.34. The number of nitrogens with zero attached hydrogens (tertiary/aromatic N) is 3. The quantitative estimate of drug-likeness (QED) is 0.686. The monoisotopic (exact) mass is 385 g/mol. The van der Waals surface area contributed by atoms with Crippen LogP contribution in [-0.2, 0) is 29.3 Å². The van der Waals surface area contributed by atoms with Crippen LogP contribution in [0.4, 0.5) is 4.79 Å². The van der Waals surface area contributed by atoms with Gasteiger partial charge in [-0.15, -0.1) is 0 Å². The van der Waals surface area contributed by atoms with E-state index in [1.165, 1.54) is 0 Å². The van der Waals surface area contributed by atoms with Crippen LogP contribution in [-0.4, -0.2) is 43.2 Å². The Labute approximate surface area is 157 Å². The van der Waals surface area contributed by atoms with Gasteiger partial charge < -0.3 is 24.3 Å². The van der Waals surface area contributed by atoms with Gasteiger partial charge in [0.1, 0.15) is 17.8 Å². The van der Waals surface area contributed by atoms with E-state index in [2.05, 4.69) is 4.98 Å². The molecule has 1 amide bonds. The highest BCUT2D eigenvalue weighted by atomic mass is 16.5. The van der Waals surface area contributed by atoms with Crippen molar-refractivity contribution >= 4 is 23.1 Å². The smallest absolute Gasteiger partial charge is 0.332 e. The third-order valence-electron chi connectivity index (χ3n) is 4.35. The number of oxazole rings is 1. The molecule has 1 aromatic carbocycles. The first-order chi connectivity index (χ1) is 13.4. The minimum Gasteiger partial charge on any atom is -0.507 e. The lowest BCUT2D eigenvalue weighted by atomic mass is 10.2. The van der Waals surface area contributed by atoms with Crippen molar-refractivity contribution in [2.75, 3.05) is 6.54 Å². The second-order valence-electron chi connectivity index (χ2n) is 6.23. The van der Waals surface area contributed by atoms with Gasteiger partial charge in [0.25, 0.3) is 5.56 Å². The molecule has 28 heavy (non-hydrogen) atoms. The third-order valence-corrected chi connectivity index (χ3v) is 4.35. The number of aromatic hydroxyl groups is 1. The van der Waals surface area contributed by atoms with E-state index >= 15 is 0 Å². The number of carboxylic acid groups (broad SMARTS) is 1. The fourth-order valence-corrected chi connectivity index (χ4v) is 3.10. The number of benzene rings is 1. The molecule has 2 N–H and O–H groups in total. The van der Waals surface area contributed by atoms with Crippen LogP contribution in [0.15, 0.2) is 39.5 Å². The van der Waals surface area contributed by atoms with E-state index in [0.717, 1.165) is 15.5 Å². The van der Waals surface area contributed by atoms with Gasteiger partial charge >= 0.3 is 12.0 Å². The Kier molecular flexibility index (Phi) is 4.32. The van der Waals surface area contributed by atoms with E-state index in [9.17, 15) is 24.6 Å². The zero-order valence-corrected chi connectivity index (χ0v) is 14.5. The highest BCUT2D eigenvalue weighted by Crippen LogP contribution is 2.26. The van der Waals surface area contributed by atoms with Crippen LogP contribution in [0.2, 0.25) is 0 Å². The molecule has 2 aromatic heterocycles. The van der Waals surface area contributed by atoms with Crippen LogP contribution in [0.1, 0.15) is 17.1 Å². The Morgan fingerprint density at radius 1 is 1.25 bits per heavy atom. The van der Waals surface area contributed by atoms with Crippen molar-refractivity contribution < 1.29 is 29.0 Å². The topological polar surface area (TPSA) is 135 Å². The maximum Gasteiger partial charge on any atom is 0.332 e. The lowest BCUT2D eigenvalue weighted by Gasteiger charge is -2.21. The molecule has 0 atom stereocenters. The number of carboxylic acids is 1. The van der Waals surface area contributed by atoms with Crippen molar-refractivity contribution in [3.8, 4) is 5.75 Å². The van der Waals surface area contributed by atoms with Crippen molar-refractivity contribution in [1.29, 1.82) is 0 Å². The number of carbonyl (C=O) groups is 2. The molecule has 0 radical (unpaired) electrons. The molecule has 0 unspecified atom stereocenters. The molecule has 0 spiro atoms. The number of aliphatic carboxylic acids is 1. The number of hydrogen-bond donors (Lipinski definition) is 2. The highest BCUT2D eigenvalue weighted by Gasteiger charge is 2.28. The molecule has 1 aliphatic rings. The molecule has 0 saturated carbocycles. The minimum absolute atomic E-state index is 0.0471. The fourth-order valence-electron chi connectivity index (χ4n) is 3.10. The van der Waals surface area contributed by atoms with Crippen LogP contribution >= 0.6 is 0 Å². The number of fused-ring (bicyclic) bond motifs is 2. The Morgan fingerprint density at radius 3 is 2.79 bits per heavy atom. The molecule has 0 fully saturated rings. The molecule has 0 aliphatic carbocycles. The van der Waals surface area contributed by atoms with Gasteiger partial charge in [0.15, 0.2) is 5.58 Å². The van der Waals surface area contributed by atoms with Crippen LogP contribution in [0.3, 0.4) is 0 Å². The van der Waals surface area contributed by atoms with Gasteiger partial charge in [-0.25, -0.2) is 14.3 Å². The first-order valence-electron chi connectivity index (χ1n) is 8.34. The minimum atomic E-state index is -1.26. The molecule has 10 nitrogen and oxygen atoms in total. The summed E-state index contributed by atoms with van der Waals surface area (Å²) in [4.78, 5) is 41.8. The molecule has 3 aromatic rings. The van der Waals surface area contributed by atoms with Crippen LogP contribution < -0.4 is 5.56 Å². The average molecular weight is 385 g/mol. The molecular weight excluding hydrogens is 370 g/mol. The lowest BCUT2D eigenvalue weighted by molar-refractivity contribution is -0.137. The number of hydrogen-bond acceptors (Lipinski definition) is 7. The molecule has 0 bridgehead atoms. The third kappa shape index (κ3) is 3.09. The Hall–Kier alpha value is -3.66. The molecule has 144 valence electrons. The maximum atomic E-state index is 13.0. The lowest BCUT2D eigenvalue weighted by Crippen LogP contribution is -2.43. The summed E-state index contributed by atoms with van der Waals surface area (Å²) < 4.78 is 11.6. The van der Waals surface area contributed by atoms with Gasteiger partial charge in [-0.3, -0.25) is 9.59 Å². The number of rotatable bonds is 4. The van der Waals surface area contributed by atoms with E-state index in [0.29, 0.717) is 16.7 Å². The predicted molar refractivity (Wildman–Crippen MR) is 93.7 cm³/mol. The Balaban J connectivity index is 1.72. The van der Waals surface area contributed by atoms with Gasteiger partial charge in [0.05, 0.1) is 25.5 Å². The number of ether oxygens (including phenoxy) is 1. The molecule has 4 rings (SSSR count). The summed E-state index contributed by atoms with van der Waals surface area (Å²) >= 11 is 0. The van der Waals surface area contributed by atoms with E-state index in [1.54, 1.807) is 24.3 Å². The zero-order valence-electron chi connectivity index (χ0n) is 14.5. The summed E-state index contributed by atoms with van der Waals surface area (Å²) in [7, 11) is 0. The van der Waals surface area contributed by atoms with Crippen molar-refractivity contribution in [1.82, 2.24) is 14.5 Å². The summed E-state index contributed by atoms with van der Waals surface area (Å²) in [6.45, 7) is -0.906. The Bertz CT molecular complexity index is 1110. The summed E-state index contributed by atoms with van der Waals surface area (Å²) in [5, 5.41) is 19.1. The number of amides is 1. The van der Waals surface area contributed by atoms with Gasteiger partial charge in [-0.1, -0.05) is 12.1 Å². The molecule has 0 saturated heterocycles. The molecule has 10 heteroatoms. The molecule has 1 aliphatic heterocycles. The maximum absolute atomic E-state index is 13.0. The summed E-state index contributed by atoms with van der Waals surface area (Å²) in [6, 6.07) is 7.00. The van der Waals surface area contributed by atoms with Crippen molar-refractivity contribution in [3.05, 3.63) is 57.8 Å². The van der Waals surface area contributed by atoms with Crippen molar-refractivity contribution in [3.63, 3.8) is 0 Å². The van der Waals surface area contributed by atoms with Gasteiger partial charge in [-0.2, -0.15) is 0 Å². The van der Waals surface area contributed by atoms with Crippen molar-refractivity contribution in [2.45, 2.75) is 19.8 Å². The predicted octanol–water partition coefficient (Wildman–Crippen LogP) is 1.28. The van der Waals surface area contributed by atoms with Crippen LogP contribution in [0, 0.1) is 0 Å². The van der Waals surface area contributed by atoms with E-state index in [1.807, 2.05) is 0 Å². The van der Waals surface area contributed by atoms with Gasteiger partial charge in [0.2, 0.25) is 5.89 Å². The van der Waals surface area contributed by atoms with Crippen molar-refractivity contribution in [2.24, 2.45) is 0 Å². The SMILES string of the molecule is O=C(O)CN(Cc1nc2ccccc2o1)C(=O)n1c2c(c(O)cc1=O)COC2. The summed E-state index contributed by atoms with van der Waals surface area (Å²) in [6.07, 6.45) is 0. The second kappa shape index (κ2) is 6.82. The molecule has 3 heterocycles. The largest absolute Gasteiger partial charge is 0.507 e. The summed E-state index contributed by atoms with van der Waals surface area (Å²) in [5.41, 5.74) is 0.806. The first kappa shape index (κ1) is 17.7. The average Bonchev–Trinajstić information content (AvgIpc) is 3.27. The van der Waals surface area contributed by atoms with E-state index in [4.69, 9.17) is 9.15 Å². The van der Waals surface area contributed by atoms with E-state index < -0.39 is 24.1 Å². The zero-order chi connectivity index (χ0) is 19.8. The number of aromatic nitrogens is 2. The highest BCUT2D eigenvalue weighted by molar-refractivity contribution is 5.82. The van der Waals surface area contributed by atoms with Crippen LogP contribution in [0.25, 0.3) is 11.1 Å². The Morgan fingerprint density at radius 2 is 2.04 bits per heavy atom. The van der Waals surface area contributed by atoms with E-state index in [-0.39, 0.29) is 37.1 Å². The standard InChI is InChI=1S/C18H15N3O7/c22-13-5-16(23)21(12-9-27-8-10(12)13)18(26)20(7-17(24)25)6-15-19-11-3-1-2-4-14(11)28-15/h1-5,22H,6-9H2,(H,24,25). The number of para-hydroxylation sites is 2. The number of pyridine rings is 1. The second-order valence-corrected chi connectivity index (χ2v) is 6.23. The number of carbonyl (C=O) groups excluding carboxylic acids is 1.